The molecule has 2 heteroatoms. The summed E-state index contributed by atoms with van der Waals surface area (Å²) in [6.07, 6.45) is 9.25. The van der Waals surface area contributed by atoms with Crippen LogP contribution in [-0.2, 0) is 4.74 Å². The molecule has 2 aliphatic rings. The molecule has 1 unspecified atom stereocenters. The lowest BCUT2D eigenvalue weighted by Crippen LogP contribution is -2.34. The third-order valence-corrected chi connectivity index (χ3v) is 4.16. The maximum absolute atomic E-state index is 10.4. The Kier molecular flexibility index (Phi) is 3.68. The summed E-state index contributed by atoms with van der Waals surface area (Å²) < 4.78 is 5.60. The lowest BCUT2D eigenvalue weighted by molar-refractivity contribution is -0.0272. The quantitative estimate of drug-likeness (QED) is 0.779. The van der Waals surface area contributed by atoms with Crippen LogP contribution in [0.15, 0.2) is 0 Å². The van der Waals surface area contributed by atoms with Gasteiger partial charge in [0.1, 0.15) is 0 Å². The molecule has 1 saturated carbocycles. The van der Waals surface area contributed by atoms with Crippen molar-refractivity contribution >= 4 is 0 Å². The van der Waals surface area contributed by atoms with Gasteiger partial charge in [0.25, 0.3) is 0 Å². The molecule has 1 saturated heterocycles. The van der Waals surface area contributed by atoms with E-state index in [0.29, 0.717) is 6.10 Å². The van der Waals surface area contributed by atoms with Crippen molar-refractivity contribution in [3.63, 3.8) is 0 Å². The molecular weight excluding hydrogens is 188 g/mol. The van der Waals surface area contributed by atoms with Crippen LogP contribution in [0.5, 0.6) is 0 Å². The van der Waals surface area contributed by atoms with E-state index in [2.05, 4.69) is 6.92 Å². The van der Waals surface area contributed by atoms with Gasteiger partial charge in [-0.05, 0) is 57.3 Å². The van der Waals surface area contributed by atoms with Gasteiger partial charge < -0.3 is 9.84 Å². The molecule has 0 amide bonds. The maximum Gasteiger partial charge on any atom is 0.0649 e. The summed E-state index contributed by atoms with van der Waals surface area (Å²) in [7, 11) is 0. The monoisotopic (exact) mass is 212 g/mol. The summed E-state index contributed by atoms with van der Waals surface area (Å²) in [6.45, 7) is 3.22. The van der Waals surface area contributed by atoms with E-state index in [1.165, 1.54) is 25.7 Å². The summed E-state index contributed by atoms with van der Waals surface area (Å²) in [6, 6.07) is 0. The molecule has 1 atom stereocenters. The number of aliphatic hydroxyl groups is 1. The van der Waals surface area contributed by atoms with Gasteiger partial charge >= 0.3 is 0 Å². The third kappa shape index (κ3) is 3.18. The van der Waals surface area contributed by atoms with Gasteiger partial charge in [-0.25, -0.2) is 0 Å². The van der Waals surface area contributed by atoms with Crippen LogP contribution in [0.2, 0.25) is 0 Å². The first-order chi connectivity index (χ1) is 7.18. The second-order valence-electron chi connectivity index (χ2n) is 5.58. The number of hydrogen-bond donors (Lipinski definition) is 1. The van der Waals surface area contributed by atoms with E-state index < -0.39 is 0 Å². The molecule has 2 nitrogen and oxygen atoms in total. The summed E-state index contributed by atoms with van der Waals surface area (Å²) in [5, 5.41) is 10.4. The zero-order valence-electron chi connectivity index (χ0n) is 9.87. The van der Waals surface area contributed by atoms with Crippen LogP contribution in [0.1, 0.15) is 58.3 Å². The van der Waals surface area contributed by atoms with Crippen LogP contribution >= 0.6 is 0 Å². The zero-order valence-corrected chi connectivity index (χ0v) is 9.87. The zero-order chi connectivity index (χ0) is 10.7. The molecule has 0 aromatic rings. The average molecular weight is 212 g/mol. The molecule has 2 fully saturated rings. The van der Waals surface area contributed by atoms with Gasteiger partial charge in [0.15, 0.2) is 0 Å². The van der Waals surface area contributed by atoms with Crippen molar-refractivity contribution in [2.45, 2.75) is 70.0 Å². The van der Waals surface area contributed by atoms with Gasteiger partial charge in [0.2, 0.25) is 0 Å². The molecule has 0 spiro atoms. The first-order valence-corrected chi connectivity index (χ1v) is 6.52. The SMILES string of the molecule is CC1CCC(O)(CCC2CCCO2)CC1. The number of rotatable bonds is 3. The Labute approximate surface area is 93.0 Å². The van der Waals surface area contributed by atoms with Gasteiger partial charge in [-0.1, -0.05) is 6.92 Å². The second-order valence-corrected chi connectivity index (χ2v) is 5.58. The minimum Gasteiger partial charge on any atom is -0.390 e. The van der Waals surface area contributed by atoms with Gasteiger partial charge in [-0.2, -0.15) is 0 Å². The lowest BCUT2D eigenvalue weighted by atomic mass is 9.77. The summed E-state index contributed by atoms with van der Waals surface area (Å²) >= 11 is 0. The van der Waals surface area contributed by atoms with E-state index in [-0.39, 0.29) is 5.60 Å². The van der Waals surface area contributed by atoms with E-state index >= 15 is 0 Å². The minimum absolute atomic E-state index is 0.363. The van der Waals surface area contributed by atoms with E-state index in [1.807, 2.05) is 0 Å². The van der Waals surface area contributed by atoms with E-state index in [0.717, 1.165) is 38.2 Å². The summed E-state index contributed by atoms with van der Waals surface area (Å²) in [4.78, 5) is 0. The molecule has 0 aromatic heterocycles. The number of hydrogen-bond acceptors (Lipinski definition) is 2. The van der Waals surface area contributed by atoms with Crippen LogP contribution in [0.25, 0.3) is 0 Å². The minimum atomic E-state index is -0.363. The van der Waals surface area contributed by atoms with Crippen LogP contribution in [0.4, 0.5) is 0 Å². The normalized spacial score (nSPS) is 42.0. The predicted octanol–water partition coefficient (Wildman–Crippen LogP) is 2.89. The van der Waals surface area contributed by atoms with Crippen molar-refractivity contribution in [3.8, 4) is 0 Å². The van der Waals surface area contributed by atoms with Crippen LogP contribution in [-0.4, -0.2) is 23.4 Å². The van der Waals surface area contributed by atoms with Gasteiger partial charge in [0, 0.05) is 6.61 Å². The van der Waals surface area contributed by atoms with Crippen molar-refractivity contribution in [1.29, 1.82) is 0 Å². The fourth-order valence-electron chi connectivity index (χ4n) is 2.85. The topological polar surface area (TPSA) is 29.5 Å². The predicted molar refractivity (Wildman–Crippen MR) is 60.8 cm³/mol. The Morgan fingerprint density at radius 1 is 1.27 bits per heavy atom. The van der Waals surface area contributed by atoms with E-state index in [9.17, 15) is 5.11 Å². The lowest BCUT2D eigenvalue weighted by Gasteiger charge is -2.35. The summed E-state index contributed by atoms with van der Waals surface area (Å²) in [5.41, 5.74) is -0.363. The molecule has 2 rings (SSSR count). The van der Waals surface area contributed by atoms with Crippen molar-refractivity contribution in [2.24, 2.45) is 5.92 Å². The molecule has 0 aromatic carbocycles. The smallest absolute Gasteiger partial charge is 0.0649 e. The molecule has 15 heavy (non-hydrogen) atoms. The van der Waals surface area contributed by atoms with E-state index in [4.69, 9.17) is 4.74 Å². The Bertz CT molecular complexity index is 189. The highest BCUT2D eigenvalue weighted by molar-refractivity contribution is 4.85. The molecule has 0 radical (unpaired) electrons. The molecule has 1 aliphatic heterocycles. The summed E-state index contributed by atoms with van der Waals surface area (Å²) in [5.74, 6) is 0.813. The Balaban J connectivity index is 1.72. The van der Waals surface area contributed by atoms with Crippen LogP contribution < -0.4 is 0 Å². The van der Waals surface area contributed by atoms with Gasteiger partial charge in [-0.3, -0.25) is 0 Å². The molecule has 0 bridgehead atoms. The standard InChI is InChI=1S/C13H24O2/c1-11-4-7-13(14,8-5-11)9-6-12-3-2-10-15-12/h11-12,14H,2-10H2,1H3. The average Bonchev–Trinajstić information content (AvgIpc) is 2.73. The molecule has 1 aliphatic carbocycles. The van der Waals surface area contributed by atoms with Crippen molar-refractivity contribution in [1.82, 2.24) is 0 Å². The van der Waals surface area contributed by atoms with Crippen molar-refractivity contribution in [2.75, 3.05) is 6.61 Å². The van der Waals surface area contributed by atoms with E-state index in [1.54, 1.807) is 0 Å². The third-order valence-electron chi connectivity index (χ3n) is 4.16. The fraction of sp³-hybridized carbons (Fsp3) is 1.00. The highest BCUT2D eigenvalue weighted by Crippen LogP contribution is 2.36. The maximum atomic E-state index is 10.4. The van der Waals surface area contributed by atoms with Gasteiger partial charge in [-0.15, -0.1) is 0 Å². The fourth-order valence-corrected chi connectivity index (χ4v) is 2.85. The second kappa shape index (κ2) is 4.84. The first kappa shape index (κ1) is 11.4. The molecule has 1 heterocycles. The highest BCUT2D eigenvalue weighted by Gasteiger charge is 2.32. The molecule has 88 valence electrons. The highest BCUT2D eigenvalue weighted by atomic mass is 16.5. The Morgan fingerprint density at radius 2 is 2.00 bits per heavy atom. The Hall–Kier alpha value is -0.0800. The van der Waals surface area contributed by atoms with Crippen molar-refractivity contribution in [3.05, 3.63) is 0 Å². The Morgan fingerprint density at radius 3 is 2.60 bits per heavy atom. The van der Waals surface area contributed by atoms with Crippen molar-refractivity contribution < 1.29 is 9.84 Å². The molecular formula is C13H24O2. The van der Waals surface area contributed by atoms with Crippen LogP contribution in [0.3, 0.4) is 0 Å². The number of ether oxygens (including phenoxy) is 1. The largest absolute Gasteiger partial charge is 0.390 e. The molecule has 1 N–H and O–H groups in total. The van der Waals surface area contributed by atoms with Crippen LogP contribution in [0, 0.1) is 5.92 Å². The van der Waals surface area contributed by atoms with Gasteiger partial charge in [0.05, 0.1) is 11.7 Å². The first-order valence-electron chi connectivity index (χ1n) is 6.52.